The number of nitrogens with zero attached hydrogens (tertiary/aromatic N) is 1. The maximum absolute atomic E-state index is 12.6. The van der Waals surface area contributed by atoms with Crippen LogP contribution in [-0.2, 0) is 19.7 Å². The average Bonchev–Trinajstić information content (AvgIpc) is 2.77. The minimum atomic E-state index is -3.41. The summed E-state index contributed by atoms with van der Waals surface area (Å²) in [5, 5.41) is 0.0122. The molecule has 0 amide bonds. The molecule has 1 saturated heterocycles. The first-order valence-electron chi connectivity index (χ1n) is 10.6. The van der Waals surface area contributed by atoms with Gasteiger partial charge in [0.25, 0.3) is 0 Å². The molecule has 0 radical (unpaired) electrons. The lowest BCUT2D eigenvalue weighted by Gasteiger charge is -2.32. The third-order valence-corrected chi connectivity index (χ3v) is 9.34. The SMILES string of the molecule is CS(=O)(=O)c1ccc(S(=O)(=O)CCC2CCN(CCC(Cl)c3ccccc3)CC2)cc1. The van der Waals surface area contributed by atoms with Crippen molar-refractivity contribution < 1.29 is 16.8 Å². The second-order valence-corrected chi connectivity index (χ2v) is 13.0. The second kappa shape index (κ2) is 10.5. The molecule has 1 atom stereocenters. The van der Waals surface area contributed by atoms with E-state index in [1.807, 2.05) is 18.2 Å². The van der Waals surface area contributed by atoms with Crippen molar-refractivity contribution in [1.82, 2.24) is 4.90 Å². The molecule has 3 rings (SSSR count). The van der Waals surface area contributed by atoms with Gasteiger partial charge in [0.2, 0.25) is 0 Å². The third kappa shape index (κ3) is 7.04. The average molecular weight is 484 g/mol. The lowest BCUT2D eigenvalue weighted by molar-refractivity contribution is 0.180. The number of benzene rings is 2. The first kappa shape index (κ1) is 24.2. The zero-order valence-corrected chi connectivity index (χ0v) is 20.2. The highest BCUT2D eigenvalue weighted by molar-refractivity contribution is 7.91. The fraction of sp³-hybridized carbons (Fsp3) is 0.478. The summed E-state index contributed by atoms with van der Waals surface area (Å²) < 4.78 is 48.4. The third-order valence-electron chi connectivity index (χ3n) is 5.97. The van der Waals surface area contributed by atoms with E-state index in [0.29, 0.717) is 12.3 Å². The van der Waals surface area contributed by atoms with Crippen molar-refractivity contribution >= 4 is 31.3 Å². The molecule has 2 aromatic rings. The molecule has 0 spiro atoms. The summed E-state index contributed by atoms with van der Waals surface area (Å²) in [6, 6.07) is 15.6. The first-order chi connectivity index (χ1) is 14.6. The topological polar surface area (TPSA) is 71.5 Å². The summed E-state index contributed by atoms with van der Waals surface area (Å²) >= 11 is 6.52. The molecule has 0 aliphatic carbocycles. The number of hydrogen-bond acceptors (Lipinski definition) is 5. The lowest BCUT2D eigenvalue weighted by Crippen LogP contribution is -2.35. The highest BCUT2D eigenvalue weighted by atomic mass is 35.5. The van der Waals surface area contributed by atoms with Crippen LogP contribution in [0, 0.1) is 5.92 Å². The van der Waals surface area contributed by atoms with E-state index in [4.69, 9.17) is 11.6 Å². The molecular formula is C23H30ClNO4S2. The van der Waals surface area contributed by atoms with Gasteiger partial charge in [-0.3, -0.25) is 0 Å². The van der Waals surface area contributed by atoms with E-state index >= 15 is 0 Å². The summed E-state index contributed by atoms with van der Waals surface area (Å²) in [4.78, 5) is 2.73. The number of halogens is 1. The normalized spacial score (nSPS) is 17.5. The van der Waals surface area contributed by atoms with Crippen LogP contribution in [0.2, 0.25) is 0 Å². The van der Waals surface area contributed by atoms with Crippen molar-refractivity contribution in [2.24, 2.45) is 5.92 Å². The van der Waals surface area contributed by atoms with Gasteiger partial charge in [-0.2, -0.15) is 0 Å². The Morgan fingerprint density at radius 2 is 1.52 bits per heavy atom. The molecule has 2 aromatic carbocycles. The Morgan fingerprint density at radius 1 is 0.935 bits per heavy atom. The highest BCUT2D eigenvalue weighted by Gasteiger charge is 2.23. The van der Waals surface area contributed by atoms with Gasteiger partial charge in [0.1, 0.15) is 0 Å². The van der Waals surface area contributed by atoms with Crippen molar-refractivity contribution in [2.75, 3.05) is 31.6 Å². The van der Waals surface area contributed by atoms with E-state index in [1.54, 1.807) is 0 Å². The van der Waals surface area contributed by atoms with Gasteiger partial charge in [0.15, 0.2) is 19.7 Å². The number of piperidine rings is 1. The van der Waals surface area contributed by atoms with E-state index in [-0.39, 0.29) is 20.9 Å². The van der Waals surface area contributed by atoms with Crippen LogP contribution in [0.1, 0.15) is 36.6 Å². The maximum atomic E-state index is 12.6. The number of sulfone groups is 2. The maximum Gasteiger partial charge on any atom is 0.178 e. The van der Waals surface area contributed by atoms with Crippen LogP contribution >= 0.6 is 11.6 Å². The fourth-order valence-corrected chi connectivity index (χ4v) is 6.26. The Kier molecular flexibility index (Phi) is 8.19. The van der Waals surface area contributed by atoms with Gasteiger partial charge < -0.3 is 4.90 Å². The monoisotopic (exact) mass is 483 g/mol. The largest absolute Gasteiger partial charge is 0.303 e. The zero-order valence-electron chi connectivity index (χ0n) is 17.8. The molecular weight excluding hydrogens is 454 g/mol. The first-order valence-corrected chi connectivity index (χ1v) is 14.6. The van der Waals surface area contributed by atoms with Gasteiger partial charge in [-0.1, -0.05) is 30.3 Å². The van der Waals surface area contributed by atoms with Crippen molar-refractivity contribution in [2.45, 2.75) is 40.9 Å². The molecule has 1 aliphatic heterocycles. The van der Waals surface area contributed by atoms with Gasteiger partial charge in [0, 0.05) is 6.26 Å². The molecule has 0 aromatic heterocycles. The molecule has 31 heavy (non-hydrogen) atoms. The molecule has 0 saturated carbocycles. The molecule has 1 fully saturated rings. The van der Waals surface area contributed by atoms with Crippen molar-refractivity contribution in [3.05, 3.63) is 60.2 Å². The van der Waals surface area contributed by atoms with Gasteiger partial charge in [-0.15, -0.1) is 11.6 Å². The predicted molar refractivity (Wildman–Crippen MR) is 125 cm³/mol. The minimum absolute atomic E-state index is 0.0122. The molecule has 1 unspecified atom stereocenters. The van der Waals surface area contributed by atoms with Crippen LogP contribution in [0.25, 0.3) is 0 Å². The Morgan fingerprint density at radius 3 is 2.10 bits per heavy atom. The fourth-order valence-electron chi connectivity index (χ4n) is 3.96. The van der Waals surface area contributed by atoms with Gasteiger partial charge in [-0.25, -0.2) is 16.8 Å². The van der Waals surface area contributed by atoms with Crippen molar-refractivity contribution in [3.63, 3.8) is 0 Å². The Hall–Kier alpha value is -1.41. The summed E-state index contributed by atoms with van der Waals surface area (Å²) in [5.41, 5.74) is 1.15. The minimum Gasteiger partial charge on any atom is -0.303 e. The molecule has 170 valence electrons. The Labute approximate surface area is 191 Å². The van der Waals surface area contributed by atoms with Crippen LogP contribution in [0.5, 0.6) is 0 Å². The molecule has 8 heteroatoms. The summed E-state index contributed by atoms with van der Waals surface area (Å²) in [6.45, 7) is 2.87. The Balaban J connectivity index is 1.43. The number of rotatable bonds is 9. The van der Waals surface area contributed by atoms with Gasteiger partial charge in [0.05, 0.1) is 20.9 Å². The van der Waals surface area contributed by atoms with Crippen LogP contribution < -0.4 is 0 Å². The van der Waals surface area contributed by atoms with E-state index in [2.05, 4.69) is 17.0 Å². The van der Waals surface area contributed by atoms with E-state index in [9.17, 15) is 16.8 Å². The van der Waals surface area contributed by atoms with Crippen LogP contribution in [0.3, 0.4) is 0 Å². The second-order valence-electron chi connectivity index (χ2n) is 8.30. The highest BCUT2D eigenvalue weighted by Crippen LogP contribution is 2.27. The van der Waals surface area contributed by atoms with Gasteiger partial charge >= 0.3 is 0 Å². The summed E-state index contributed by atoms with van der Waals surface area (Å²) in [6.07, 6.45) is 4.61. The van der Waals surface area contributed by atoms with Crippen LogP contribution in [-0.4, -0.2) is 53.4 Å². The summed E-state index contributed by atoms with van der Waals surface area (Å²) in [7, 11) is -6.75. The van der Waals surface area contributed by atoms with E-state index < -0.39 is 19.7 Å². The number of hydrogen-bond donors (Lipinski definition) is 0. The molecule has 0 bridgehead atoms. The predicted octanol–water partition coefficient (Wildman–Crippen LogP) is 4.34. The molecule has 5 nitrogen and oxygen atoms in total. The molecule has 0 N–H and O–H groups in total. The van der Waals surface area contributed by atoms with E-state index in [0.717, 1.165) is 50.7 Å². The Bertz CT molecular complexity index is 1050. The van der Waals surface area contributed by atoms with Crippen molar-refractivity contribution in [3.8, 4) is 0 Å². The summed E-state index contributed by atoms with van der Waals surface area (Å²) in [5.74, 6) is 0.482. The lowest BCUT2D eigenvalue weighted by atomic mass is 9.94. The smallest absolute Gasteiger partial charge is 0.178 e. The van der Waals surface area contributed by atoms with E-state index in [1.165, 1.54) is 24.3 Å². The van der Waals surface area contributed by atoms with Crippen LogP contribution in [0.4, 0.5) is 0 Å². The number of likely N-dealkylation sites (tertiary alicyclic amines) is 1. The quantitative estimate of drug-likeness (QED) is 0.496. The number of alkyl halides is 1. The molecule has 1 heterocycles. The standard InChI is InChI=1S/C23H30ClNO4S2/c1-30(26,27)21-7-9-22(10-8-21)31(28,29)18-14-19-11-15-25(16-12-19)17-13-23(24)20-5-3-2-4-6-20/h2-10,19,23H,11-18H2,1H3. The van der Waals surface area contributed by atoms with Crippen LogP contribution in [0.15, 0.2) is 64.4 Å². The molecule has 1 aliphatic rings. The van der Waals surface area contributed by atoms with Crippen molar-refractivity contribution in [1.29, 1.82) is 0 Å². The zero-order chi connectivity index (χ0) is 22.5. The van der Waals surface area contributed by atoms with Gasteiger partial charge in [-0.05, 0) is 81.1 Å².